The minimum absolute atomic E-state index is 0.0726. The van der Waals surface area contributed by atoms with Crippen molar-refractivity contribution in [2.75, 3.05) is 0 Å². The second-order valence-electron chi connectivity index (χ2n) is 8.18. The number of nitrogens with zero attached hydrogens (tertiary/aromatic N) is 3. The molecule has 0 radical (unpaired) electrons. The minimum atomic E-state index is -0.0726. The van der Waals surface area contributed by atoms with Crippen LogP contribution in [0.5, 0.6) is 11.6 Å². The Hall–Kier alpha value is -3.57. The summed E-state index contributed by atoms with van der Waals surface area (Å²) in [5.41, 5.74) is 3.18. The van der Waals surface area contributed by atoms with Crippen molar-refractivity contribution in [3.8, 4) is 22.9 Å². The maximum absolute atomic E-state index is 13.5. The molecule has 0 aliphatic heterocycles. The number of amides is 1. The molecule has 0 bridgehead atoms. The van der Waals surface area contributed by atoms with Gasteiger partial charge in [0.2, 0.25) is 5.88 Å². The zero-order valence-corrected chi connectivity index (χ0v) is 19.1. The van der Waals surface area contributed by atoms with E-state index in [4.69, 9.17) is 21.4 Å². The summed E-state index contributed by atoms with van der Waals surface area (Å²) in [5.74, 6) is 1.27. The predicted molar refractivity (Wildman–Crippen MR) is 130 cm³/mol. The van der Waals surface area contributed by atoms with Crippen LogP contribution < -0.4 is 4.74 Å². The molecule has 1 heterocycles. The standard InChI is InChI=1S/C27H24ClN3O2/c1-30-27(33-21-12-6-3-7-13-21)23(25(29-30)19-10-4-2-5-11-19)18-31(20-16-17-20)26(32)22-14-8-9-15-24(22)28/h2-15,20H,16-18H2,1H3. The van der Waals surface area contributed by atoms with Crippen LogP contribution in [0.2, 0.25) is 5.02 Å². The van der Waals surface area contributed by atoms with Crippen LogP contribution in [0, 0.1) is 0 Å². The zero-order valence-electron chi connectivity index (χ0n) is 18.3. The lowest BCUT2D eigenvalue weighted by Crippen LogP contribution is -2.33. The summed E-state index contributed by atoms with van der Waals surface area (Å²) in [6, 6.07) is 27.0. The van der Waals surface area contributed by atoms with E-state index in [9.17, 15) is 4.79 Å². The van der Waals surface area contributed by atoms with E-state index in [0.717, 1.165) is 35.4 Å². The molecule has 0 saturated heterocycles. The van der Waals surface area contributed by atoms with E-state index >= 15 is 0 Å². The highest BCUT2D eigenvalue weighted by Crippen LogP contribution is 2.38. The monoisotopic (exact) mass is 457 g/mol. The number of carbonyl (C=O) groups is 1. The second kappa shape index (κ2) is 9.12. The van der Waals surface area contributed by atoms with Crippen LogP contribution in [0.3, 0.4) is 0 Å². The average molecular weight is 458 g/mol. The first-order valence-corrected chi connectivity index (χ1v) is 11.4. The van der Waals surface area contributed by atoms with Gasteiger partial charge in [0.15, 0.2) is 0 Å². The molecule has 4 aromatic rings. The summed E-state index contributed by atoms with van der Waals surface area (Å²) in [6.45, 7) is 0.384. The molecule has 5 nitrogen and oxygen atoms in total. The maximum atomic E-state index is 13.5. The molecule has 0 unspecified atom stereocenters. The predicted octanol–water partition coefficient (Wildman–Crippen LogP) is 6.34. The highest BCUT2D eigenvalue weighted by atomic mass is 35.5. The number of rotatable bonds is 7. The minimum Gasteiger partial charge on any atom is -0.439 e. The molecule has 6 heteroatoms. The van der Waals surface area contributed by atoms with E-state index < -0.39 is 0 Å². The molecule has 33 heavy (non-hydrogen) atoms. The fourth-order valence-corrected chi connectivity index (χ4v) is 4.18. The highest BCUT2D eigenvalue weighted by Gasteiger charge is 2.36. The summed E-state index contributed by atoms with van der Waals surface area (Å²) in [7, 11) is 1.87. The Bertz CT molecular complexity index is 1270. The molecule has 1 aliphatic carbocycles. The van der Waals surface area contributed by atoms with Gasteiger partial charge in [-0.3, -0.25) is 4.79 Å². The molecule has 5 rings (SSSR count). The van der Waals surface area contributed by atoms with E-state index in [2.05, 4.69) is 0 Å². The number of ether oxygens (including phenoxy) is 1. The van der Waals surface area contributed by atoms with Crippen LogP contribution in [-0.2, 0) is 13.6 Å². The number of benzene rings is 3. The lowest BCUT2D eigenvalue weighted by Gasteiger charge is -2.24. The van der Waals surface area contributed by atoms with Gasteiger partial charge in [-0.25, -0.2) is 4.68 Å². The summed E-state index contributed by atoms with van der Waals surface area (Å²) in [4.78, 5) is 15.5. The van der Waals surface area contributed by atoms with Crippen LogP contribution in [-0.4, -0.2) is 26.6 Å². The van der Waals surface area contributed by atoms with Gasteiger partial charge in [0.05, 0.1) is 22.7 Å². The quantitative estimate of drug-likeness (QED) is 0.325. The van der Waals surface area contributed by atoms with Gasteiger partial charge in [0.1, 0.15) is 11.4 Å². The van der Waals surface area contributed by atoms with E-state index in [1.165, 1.54) is 0 Å². The first kappa shape index (κ1) is 21.3. The van der Waals surface area contributed by atoms with Crippen LogP contribution in [0.15, 0.2) is 84.9 Å². The Balaban J connectivity index is 1.57. The van der Waals surface area contributed by atoms with Crippen LogP contribution >= 0.6 is 11.6 Å². The fourth-order valence-electron chi connectivity index (χ4n) is 3.96. The van der Waals surface area contributed by atoms with Crippen LogP contribution in [0.25, 0.3) is 11.3 Å². The zero-order chi connectivity index (χ0) is 22.8. The van der Waals surface area contributed by atoms with Crippen molar-refractivity contribution in [2.45, 2.75) is 25.4 Å². The van der Waals surface area contributed by atoms with Crippen molar-refractivity contribution < 1.29 is 9.53 Å². The number of hydrogen-bond acceptors (Lipinski definition) is 3. The first-order valence-electron chi connectivity index (χ1n) is 11.0. The Morgan fingerprint density at radius 3 is 2.30 bits per heavy atom. The van der Waals surface area contributed by atoms with Crippen LogP contribution in [0.1, 0.15) is 28.8 Å². The smallest absolute Gasteiger partial charge is 0.255 e. The Kier molecular flexibility index (Phi) is 5.88. The average Bonchev–Trinajstić information content (AvgIpc) is 3.64. The van der Waals surface area contributed by atoms with E-state index in [1.54, 1.807) is 16.8 Å². The Labute approximate surface area is 198 Å². The van der Waals surface area contributed by atoms with Crippen molar-refractivity contribution in [3.05, 3.63) is 101 Å². The highest BCUT2D eigenvalue weighted by molar-refractivity contribution is 6.33. The summed E-state index contributed by atoms with van der Waals surface area (Å²) < 4.78 is 8.03. The number of hydrogen-bond donors (Lipinski definition) is 0. The normalized spacial score (nSPS) is 13.0. The molecule has 0 spiro atoms. The molecule has 1 fully saturated rings. The lowest BCUT2D eigenvalue weighted by molar-refractivity contribution is 0.0729. The van der Waals surface area contributed by atoms with Crippen molar-refractivity contribution in [1.82, 2.24) is 14.7 Å². The molecule has 1 saturated carbocycles. The largest absolute Gasteiger partial charge is 0.439 e. The number of aryl methyl sites for hydroxylation is 1. The van der Waals surface area contributed by atoms with E-state index in [1.807, 2.05) is 84.7 Å². The maximum Gasteiger partial charge on any atom is 0.255 e. The molecule has 1 amide bonds. The van der Waals surface area contributed by atoms with Gasteiger partial charge in [-0.05, 0) is 37.1 Å². The van der Waals surface area contributed by atoms with Gasteiger partial charge < -0.3 is 9.64 Å². The third kappa shape index (κ3) is 4.50. The van der Waals surface area contributed by atoms with E-state index in [0.29, 0.717) is 23.0 Å². The molecule has 3 aromatic carbocycles. The van der Waals surface area contributed by atoms with E-state index in [-0.39, 0.29) is 11.9 Å². The lowest BCUT2D eigenvalue weighted by atomic mass is 10.1. The fraction of sp³-hybridized carbons (Fsp3) is 0.185. The molecule has 0 atom stereocenters. The molecule has 0 N–H and O–H groups in total. The summed E-state index contributed by atoms with van der Waals surface area (Å²) >= 11 is 6.37. The molecule has 1 aromatic heterocycles. The van der Waals surface area contributed by atoms with Gasteiger partial charge in [0, 0.05) is 18.7 Å². The molecular weight excluding hydrogens is 434 g/mol. The third-order valence-electron chi connectivity index (χ3n) is 5.77. The SMILES string of the molecule is Cn1nc(-c2ccccc2)c(CN(C(=O)c2ccccc2Cl)C2CC2)c1Oc1ccccc1. The second-order valence-corrected chi connectivity index (χ2v) is 8.59. The number of halogens is 1. The summed E-state index contributed by atoms with van der Waals surface area (Å²) in [6.07, 6.45) is 1.96. The molecule has 166 valence electrons. The third-order valence-corrected chi connectivity index (χ3v) is 6.10. The van der Waals surface area contributed by atoms with Crippen molar-refractivity contribution in [3.63, 3.8) is 0 Å². The summed E-state index contributed by atoms with van der Waals surface area (Å²) in [5, 5.41) is 5.25. The van der Waals surface area contributed by atoms with Gasteiger partial charge in [-0.15, -0.1) is 0 Å². The topological polar surface area (TPSA) is 47.4 Å². The van der Waals surface area contributed by atoms with Gasteiger partial charge in [-0.2, -0.15) is 5.10 Å². The Morgan fingerprint density at radius 1 is 1.00 bits per heavy atom. The molecular formula is C27H24ClN3O2. The van der Waals surface area contributed by atoms with Gasteiger partial charge in [-0.1, -0.05) is 72.3 Å². The number of para-hydroxylation sites is 1. The van der Waals surface area contributed by atoms with Crippen molar-refractivity contribution >= 4 is 17.5 Å². The van der Waals surface area contributed by atoms with Gasteiger partial charge >= 0.3 is 0 Å². The first-order chi connectivity index (χ1) is 16.1. The van der Waals surface area contributed by atoms with Crippen molar-refractivity contribution in [2.24, 2.45) is 7.05 Å². The number of carbonyl (C=O) groups excluding carboxylic acids is 1. The number of aromatic nitrogens is 2. The van der Waals surface area contributed by atoms with Crippen molar-refractivity contribution in [1.29, 1.82) is 0 Å². The van der Waals surface area contributed by atoms with Gasteiger partial charge in [0.25, 0.3) is 5.91 Å². The Morgan fingerprint density at radius 2 is 1.64 bits per heavy atom. The molecule has 1 aliphatic rings. The van der Waals surface area contributed by atoms with Crippen LogP contribution in [0.4, 0.5) is 0 Å².